The van der Waals surface area contributed by atoms with E-state index in [9.17, 15) is 0 Å². The Labute approximate surface area is 128 Å². The molecule has 0 amide bonds. The van der Waals surface area contributed by atoms with Crippen molar-refractivity contribution in [3.05, 3.63) is 65.5 Å². The maximum absolute atomic E-state index is 4.22. The molecular formula is C18H25N3. The van der Waals surface area contributed by atoms with E-state index in [0.717, 1.165) is 26.2 Å². The van der Waals surface area contributed by atoms with Crippen molar-refractivity contribution in [2.45, 2.75) is 20.0 Å². The average molecular weight is 283 g/mol. The Hall–Kier alpha value is -1.71. The summed E-state index contributed by atoms with van der Waals surface area (Å²) in [4.78, 5) is 8.94. The van der Waals surface area contributed by atoms with Crippen LogP contribution in [0.25, 0.3) is 0 Å². The molecule has 3 heteroatoms. The second-order valence-corrected chi connectivity index (χ2v) is 5.80. The van der Waals surface area contributed by atoms with Gasteiger partial charge in [0, 0.05) is 38.6 Å². The molecule has 0 bridgehead atoms. The summed E-state index contributed by atoms with van der Waals surface area (Å²) in [6.45, 7) is 6.22. The minimum atomic E-state index is 0.940. The van der Waals surface area contributed by atoms with Gasteiger partial charge in [0.1, 0.15) is 0 Å². The molecule has 0 radical (unpaired) electrons. The van der Waals surface area contributed by atoms with E-state index in [2.05, 4.69) is 66.1 Å². The Balaban J connectivity index is 2.06. The van der Waals surface area contributed by atoms with Gasteiger partial charge in [-0.1, -0.05) is 30.3 Å². The van der Waals surface area contributed by atoms with Crippen LogP contribution in [0.1, 0.15) is 16.7 Å². The summed E-state index contributed by atoms with van der Waals surface area (Å²) in [6.07, 6.45) is 3.79. The second-order valence-electron chi connectivity index (χ2n) is 5.80. The number of nitrogens with zero attached hydrogens (tertiary/aromatic N) is 3. The minimum Gasteiger partial charge on any atom is -0.308 e. The van der Waals surface area contributed by atoms with Crippen LogP contribution >= 0.6 is 0 Å². The van der Waals surface area contributed by atoms with Crippen molar-refractivity contribution in [2.75, 3.05) is 27.2 Å². The van der Waals surface area contributed by atoms with E-state index in [1.807, 2.05) is 18.5 Å². The van der Waals surface area contributed by atoms with Gasteiger partial charge in [-0.25, -0.2) is 0 Å². The molecule has 0 unspecified atom stereocenters. The SMILES string of the molecule is Cc1ccccc1CN(CCN(C)C)Cc1cccnc1. The zero-order valence-electron chi connectivity index (χ0n) is 13.3. The third kappa shape index (κ3) is 5.29. The Bertz CT molecular complexity index is 537. The largest absolute Gasteiger partial charge is 0.308 e. The highest BCUT2D eigenvalue weighted by Gasteiger charge is 2.09. The molecular weight excluding hydrogens is 258 g/mol. The number of pyridine rings is 1. The molecule has 0 spiro atoms. The molecule has 0 N–H and O–H groups in total. The van der Waals surface area contributed by atoms with Crippen molar-refractivity contribution in [2.24, 2.45) is 0 Å². The van der Waals surface area contributed by atoms with Gasteiger partial charge in [-0.15, -0.1) is 0 Å². The van der Waals surface area contributed by atoms with Crippen LogP contribution in [0, 0.1) is 6.92 Å². The first-order valence-corrected chi connectivity index (χ1v) is 7.45. The minimum absolute atomic E-state index is 0.940. The van der Waals surface area contributed by atoms with Gasteiger partial charge < -0.3 is 4.90 Å². The number of hydrogen-bond donors (Lipinski definition) is 0. The fourth-order valence-electron chi connectivity index (χ4n) is 2.33. The molecule has 0 fully saturated rings. The predicted molar refractivity (Wildman–Crippen MR) is 88.1 cm³/mol. The summed E-state index contributed by atoms with van der Waals surface area (Å²) in [6, 6.07) is 12.8. The van der Waals surface area contributed by atoms with Crippen molar-refractivity contribution >= 4 is 0 Å². The third-order valence-electron chi connectivity index (χ3n) is 3.65. The smallest absolute Gasteiger partial charge is 0.0312 e. The van der Waals surface area contributed by atoms with Crippen LogP contribution in [0.2, 0.25) is 0 Å². The highest BCUT2D eigenvalue weighted by atomic mass is 15.2. The number of likely N-dealkylation sites (N-methyl/N-ethyl adjacent to an activating group) is 1. The van der Waals surface area contributed by atoms with Gasteiger partial charge in [0.25, 0.3) is 0 Å². The Morgan fingerprint density at radius 3 is 2.43 bits per heavy atom. The molecule has 0 saturated heterocycles. The zero-order valence-corrected chi connectivity index (χ0v) is 13.3. The molecule has 1 aromatic heterocycles. The van der Waals surface area contributed by atoms with Crippen molar-refractivity contribution < 1.29 is 0 Å². The third-order valence-corrected chi connectivity index (χ3v) is 3.65. The molecule has 21 heavy (non-hydrogen) atoms. The summed E-state index contributed by atoms with van der Waals surface area (Å²) >= 11 is 0. The topological polar surface area (TPSA) is 19.4 Å². The molecule has 0 aliphatic carbocycles. The standard InChI is InChI=1S/C18H25N3/c1-16-7-4-5-9-18(16)15-21(12-11-20(2)3)14-17-8-6-10-19-13-17/h4-10,13H,11-12,14-15H2,1-3H3. The van der Waals surface area contributed by atoms with Gasteiger partial charge >= 0.3 is 0 Å². The Kier molecular flexibility index (Phi) is 5.90. The molecule has 0 saturated carbocycles. The average Bonchev–Trinajstić information content (AvgIpc) is 2.48. The van der Waals surface area contributed by atoms with Gasteiger partial charge in [0.05, 0.1) is 0 Å². The number of hydrogen-bond acceptors (Lipinski definition) is 3. The number of aromatic nitrogens is 1. The molecule has 2 aromatic rings. The van der Waals surface area contributed by atoms with Crippen LogP contribution in [0.4, 0.5) is 0 Å². The molecule has 0 aliphatic heterocycles. The van der Waals surface area contributed by atoms with Gasteiger partial charge in [0.2, 0.25) is 0 Å². The first-order chi connectivity index (χ1) is 10.1. The lowest BCUT2D eigenvalue weighted by atomic mass is 10.1. The van der Waals surface area contributed by atoms with E-state index in [-0.39, 0.29) is 0 Å². The second kappa shape index (κ2) is 7.91. The normalized spacial score (nSPS) is 11.3. The van der Waals surface area contributed by atoms with Gasteiger partial charge in [0.15, 0.2) is 0 Å². The summed E-state index contributed by atoms with van der Waals surface area (Å²) in [7, 11) is 4.24. The van der Waals surface area contributed by atoms with E-state index in [1.54, 1.807) is 0 Å². The summed E-state index contributed by atoms with van der Waals surface area (Å²) < 4.78 is 0. The van der Waals surface area contributed by atoms with Crippen LogP contribution in [-0.4, -0.2) is 42.0 Å². The monoisotopic (exact) mass is 283 g/mol. The molecule has 0 aliphatic rings. The number of aryl methyl sites for hydroxylation is 1. The van der Waals surface area contributed by atoms with E-state index < -0.39 is 0 Å². The van der Waals surface area contributed by atoms with Gasteiger partial charge in [-0.3, -0.25) is 9.88 Å². The molecule has 1 aromatic carbocycles. The Morgan fingerprint density at radius 1 is 0.952 bits per heavy atom. The van der Waals surface area contributed by atoms with Crippen molar-refractivity contribution in [1.82, 2.24) is 14.8 Å². The first-order valence-electron chi connectivity index (χ1n) is 7.45. The number of benzene rings is 1. The summed E-state index contributed by atoms with van der Waals surface area (Å²) in [5.74, 6) is 0. The van der Waals surface area contributed by atoms with Crippen molar-refractivity contribution in [3.63, 3.8) is 0 Å². The summed E-state index contributed by atoms with van der Waals surface area (Å²) in [5.41, 5.74) is 4.03. The van der Waals surface area contributed by atoms with Gasteiger partial charge in [-0.2, -0.15) is 0 Å². The van der Waals surface area contributed by atoms with Crippen molar-refractivity contribution in [3.8, 4) is 0 Å². The predicted octanol–water partition coefficient (Wildman–Crippen LogP) is 2.95. The van der Waals surface area contributed by atoms with Crippen LogP contribution in [0.15, 0.2) is 48.8 Å². The zero-order chi connectivity index (χ0) is 15.1. The van der Waals surface area contributed by atoms with E-state index in [0.29, 0.717) is 0 Å². The maximum atomic E-state index is 4.22. The Morgan fingerprint density at radius 2 is 1.76 bits per heavy atom. The van der Waals surface area contributed by atoms with Gasteiger partial charge in [-0.05, 0) is 43.8 Å². The van der Waals surface area contributed by atoms with Crippen LogP contribution in [-0.2, 0) is 13.1 Å². The fraction of sp³-hybridized carbons (Fsp3) is 0.389. The van der Waals surface area contributed by atoms with E-state index >= 15 is 0 Å². The fourth-order valence-corrected chi connectivity index (χ4v) is 2.33. The quantitative estimate of drug-likeness (QED) is 0.779. The molecule has 0 atom stereocenters. The molecule has 3 nitrogen and oxygen atoms in total. The molecule has 112 valence electrons. The van der Waals surface area contributed by atoms with E-state index in [4.69, 9.17) is 0 Å². The summed E-state index contributed by atoms with van der Waals surface area (Å²) in [5, 5.41) is 0. The first kappa shape index (κ1) is 15.7. The maximum Gasteiger partial charge on any atom is 0.0312 e. The van der Waals surface area contributed by atoms with Crippen molar-refractivity contribution in [1.29, 1.82) is 0 Å². The van der Waals surface area contributed by atoms with Crippen LogP contribution in [0.5, 0.6) is 0 Å². The lowest BCUT2D eigenvalue weighted by molar-refractivity contribution is 0.225. The van der Waals surface area contributed by atoms with E-state index in [1.165, 1.54) is 16.7 Å². The highest BCUT2D eigenvalue weighted by Crippen LogP contribution is 2.13. The van der Waals surface area contributed by atoms with Crippen LogP contribution < -0.4 is 0 Å². The van der Waals surface area contributed by atoms with Crippen LogP contribution in [0.3, 0.4) is 0 Å². The highest BCUT2D eigenvalue weighted by molar-refractivity contribution is 5.25. The molecule has 2 rings (SSSR count). The lowest BCUT2D eigenvalue weighted by Crippen LogP contribution is -2.31. The number of rotatable bonds is 7. The molecule has 1 heterocycles. The lowest BCUT2D eigenvalue weighted by Gasteiger charge is -2.25.